The minimum atomic E-state index is -3.68. The Bertz CT molecular complexity index is 1000. The van der Waals surface area contributed by atoms with Crippen LogP contribution in [-0.2, 0) is 14.8 Å². The van der Waals surface area contributed by atoms with E-state index in [1.807, 2.05) is 0 Å². The Morgan fingerprint density at radius 1 is 1.07 bits per heavy atom. The summed E-state index contributed by atoms with van der Waals surface area (Å²) >= 11 is 1.16. The maximum Gasteiger partial charge on any atom is 0.251 e. The van der Waals surface area contributed by atoms with Gasteiger partial charge < -0.3 is 10.1 Å². The van der Waals surface area contributed by atoms with Gasteiger partial charge in [0.25, 0.3) is 5.03 Å². The number of thioether (sulfide) groups is 1. The van der Waals surface area contributed by atoms with E-state index >= 15 is 0 Å². The second-order valence-electron chi connectivity index (χ2n) is 6.52. The van der Waals surface area contributed by atoms with E-state index in [1.165, 1.54) is 41.7 Å². The molecule has 1 aliphatic rings. The first-order chi connectivity index (χ1) is 13.8. The van der Waals surface area contributed by atoms with Crippen molar-refractivity contribution in [3.8, 4) is 0 Å². The molecule has 0 spiro atoms. The molecule has 0 bridgehead atoms. The number of aromatic nitrogens is 1. The average Bonchev–Trinajstić information content (AvgIpc) is 2.73. The number of sulfonamides is 1. The lowest BCUT2D eigenvalue weighted by Crippen LogP contribution is -2.51. The van der Waals surface area contributed by atoms with Crippen LogP contribution < -0.4 is 4.73 Å². The lowest BCUT2D eigenvalue weighted by Gasteiger charge is -2.34. The lowest BCUT2D eigenvalue weighted by molar-refractivity contribution is -0.645. The van der Waals surface area contributed by atoms with E-state index in [0.29, 0.717) is 15.3 Å². The van der Waals surface area contributed by atoms with Crippen LogP contribution in [0.5, 0.6) is 0 Å². The predicted molar refractivity (Wildman–Crippen MR) is 108 cm³/mol. The van der Waals surface area contributed by atoms with Gasteiger partial charge in [0.15, 0.2) is 12.0 Å². The predicted octanol–water partition coefficient (Wildman–Crippen LogP) is 1.15. The van der Waals surface area contributed by atoms with Crippen molar-refractivity contribution in [1.29, 1.82) is 0 Å². The molecule has 2 heterocycles. The van der Waals surface area contributed by atoms with E-state index in [0.717, 1.165) is 11.8 Å². The largest absolute Gasteiger partial charge is 0.618 e. The van der Waals surface area contributed by atoms with E-state index < -0.39 is 10.0 Å². The Morgan fingerprint density at radius 3 is 2.31 bits per heavy atom. The Morgan fingerprint density at radius 2 is 1.72 bits per heavy atom. The number of nitrogens with zero attached hydrogens (tertiary/aromatic N) is 3. The highest BCUT2D eigenvalue weighted by Crippen LogP contribution is 2.20. The SMILES string of the molecule is CC(=O)c1ccc(S(=O)(=O)N2CCN(C(=O)CSc3cccc[n+]3[O-])CC2)cc1. The van der Waals surface area contributed by atoms with Gasteiger partial charge in [-0.1, -0.05) is 12.1 Å². The highest BCUT2D eigenvalue weighted by Gasteiger charge is 2.30. The second-order valence-corrected chi connectivity index (χ2v) is 9.45. The van der Waals surface area contributed by atoms with Crippen LogP contribution in [0, 0.1) is 5.21 Å². The summed E-state index contributed by atoms with van der Waals surface area (Å²) in [5.74, 6) is -0.149. The van der Waals surface area contributed by atoms with Crippen molar-refractivity contribution < 1.29 is 22.7 Å². The third-order valence-corrected chi connectivity index (χ3v) is 7.54. The summed E-state index contributed by atoms with van der Waals surface area (Å²) in [5, 5.41) is 12.1. The molecule has 1 aliphatic heterocycles. The van der Waals surface area contributed by atoms with Crippen LogP contribution in [0.25, 0.3) is 0 Å². The molecule has 29 heavy (non-hydrogen) atoms. The number of pyridine rings is 1. The standard InChI is InChI=1S/C19H21N3O5S2/c1-15(23)16-5-7-17(8-6-16)29(26,27)21-12-10-20(11-13-21)18(24)14-28-19-4-2-3-9-22(19)25/h2-9H,10-14H2,1H3. The second kappa shape index (κ2) is 8.93. The van der Waals surface area contributed by atoms with Gasteiger partial charge in [-0.25, -0.2) is 8.42 Å². The lowest BCUT2D eigenvalue weighted by atomic mass is 10.2. The molecule has 1 fully saturated rings. The van der Waals surface area contributed by atoms with Crippen LogP contribution >= 0.6 is 11.8 Å². The minimum absolute atomic E-state index is 0.117. The Balaban J connectivity index is 1.57. The van der Waals surface area contributed by atoms with Gasteiger partial charge in [-0.05, 0) is 36.9 Å². The molecule has 8 nitrogen and oxygen atoms in total. The molecular weight excluding hydrogens is 414 g/mol. The van der Waals surface area contributed by atoms with Crippen LogP contribution in [0.15, 0.2) is 58.6 Å². The number of amides is 1. The summed E-state index contributed by atoms with van der Waals surface area (Å²) in [7, 11) is -3.68. The fourth-order valence-electron chi connectivity index (χ4n) is 2.94. The number of carbonyl (C=O) groups is 2. The number of hydrogen-bond donors (Lipinski definition) is 0. The molecule has 154 valence electrons. The number of piperazine rings is 1. The number of ketones is 1. The van der Waals surface area contributed by atoms with Gasteiger partial charge in [0.05, 0.1) is 10.6 Å². The first-order valence-electron chi connectivity index (χ1n) is 8.99. The van der Waals surface area contributed by atoms with Crippen molar-refractivity contribution in [1.82, 2.24) is 9.21 Å². The van der Waals surface area contributed by atoms with Gasteiger partial charge in [-0.15, -0.1) is 0 Å². The minimum Gasteiger partial charge on any atom is -0.618 e. The van der Waals surface area contributed by atoms with Gasteiger partial charge >= 0.3 is 0 Å². The zero-order valence-electron chi connectivity index (χ0n) is 15.9. The monoisotopic (exact) mass is 435 g/mol. The van der Waals surface area contributed by atoms with Gasteiger partial charge in [0, 0.05) is 43.9 Å². The van der Waals surface area contributed by atoms with Crippen molar-refractivity contribution in [3.05, 3.63) is 59.4 Å². The van der Waals surface area contributed by atoms with Crippen molar-refractivity contribution in [2.45, 2.75) is 16.8 Å². The summed E-state index contributed by atoms with van der Waals surface area (Å²) < 4.78 is 27.6. The average molecular weight is 436 g/mol. The molecule has 0 atom stereocenters. The van der Waals surface area contributed by atoms with Gasteiger partial charge in [0.1, 0.15) is 0 Å². The Labute approximate surface area is 173 Å². The highest BCUT2D eigenvalue weighted by atomic mass is 32.2. The maximum atomic E-state index is 12.8. The van der Waals surface area contributed by atoms with E-state index in [9.17, 15) is 23.2 Å². The Hall–Kier alpha value is -2.43. The number of carbonyl (C=O) groups excluding carboxylic acids is 2. The number of hydrogen-bond acceptors (Lipinski definition) is 6. The summed E-state index contributed by atoms with van der Waals surface area (Å²) in [4.78, 5) is 25.5. The summed E-state index contributed by atoms with van der Waals surface area (Å²) in [6.07, 6.45) is 1.37. The van der Waals surface area contributed by atoms with E-state index in [2.05, 4.69) is 0 Å². The van der Waals surface area contributed by atoms with Crippen molar-refractivity contribution in [2.24, 2.45) is 0 Å². The summed E-state index contributed by atoms with van der Waals surface area (Å²) in [6.45, 7) is 2.39. The molecule has 1 aromatic carbocycles. The van der Waals surface area contributed by atoms with Gasteiger partial charge in [-0.3, -0.25) is 9.59 Å². The zero-order chi connectivity index (χ0) is 21.0. The van der Waals surface area contributed by atoms with Crippen molar-refractivity contribution in [2.75, 3.05) is 31.9 Å². The molecule has 1 aromatic heterocycles. The topological polar surface area (TPSA) is 102 Å². The fourth-order valence-corrected chi connectivity index (χ4v) is 5.18. The van der Waals surface area contributed by atoms with Crippen LogP contribution in [0.4, 0.5) is 0 Å². The molecule has 3 rings (SSSR count). The number of benzene rings is 1. The smallest absolute Gasteiger partial charge is 0.251 e. The first-order valence-corrected chi connectivity index (χ1v) is 11.4. The van der Waals surface area contributed by atoms with Gasteiger partial charge in [0.2, 0.25) is 15.9 Å². The van der Waals surface area contributed by atoms with Crippen molar-refractivity contribution in [3.63, 3.8) is 0 Å². The van der Waals surface area contributed by atoms with E-state index in [1.54, 1.807) is 23.1 Å². The summed E-state index contributed by atoms with van der Waals surface area (Å²) in [5.41, 5.74) is 0.453. The Kier molecular flexibility index (Phi) is 6.56. The molecule has 1 amide bonds. The van der Waals surface area contributed by atoms with Crippen molar-refractivity contribution >= 4 is 33.5 Å². The molecule has 0 saturated carbocycles. The molecular formula is C19H21N3O5S2. The molecule has 1 saturated heterocycles. The maximum absolute atomic E-state index is 12.8. The molecule has 10 heteroatoms. The van der Waals surface area contributed by atoms with Crippen LogP contribution in [0.1, 0.15) is 17.3 Å². The number of rotatable bonds is 6. The zero-order valence-corrected chi connectivity index (χ0v) is 17.5. The van der Waals surface area contributed by atoms with E-state index in [-0.39, 0.29) is 48.5 Å². The van der Waals surface area contributed by atoms with Crippen LogP contribution in [0.2, 0.25) is 0 Å². The molecule has 0 radical (unpaired) electrons. The summed E-state index contributed by atoms with van der Waals surface area (Å²) in [6, 6.07) is 10.8. The van der Waals surface area contributed by atoms with Crippen LogP contribution in [-0.4, -0.2) is 61.2 Å². The molecule has 0 unspecified atom stereocenters. The molecule has 0 aliphatic carbocycles. The van der Waals surface area contributed by atoms with Gasteiger partial charge in [-0.2, -0.15) is 9.04 Å². The number of Topliss-reactive ketones (excluding diaryl/α,β-unsaturated/α-hetero) is 1. The third kappa shape index (κ3) is 4.95. The third-order valence-electron chi connectivity index (χ3n) is 4.62. The molecule has 2 aromatic rings. The first kappa shape index (κ1) is 21.3. The quantitative estimate of drug-likeness (QED) is 0.292. The highest BCUT2D eigenvalue weighted by molar-refractivity contribution is 7.99. The normalized spacial score (nSPS) is 15.3. The fraction of sp³-hybridized carbons (Fsp3) is 0.316. The van der Waals surface area contributed by atoms with E-state index in [4.69, 9.17) is 0 Å². The van der Waals surface area contributed by atoms with Crippen LogP contribution in [0.3, 0.4) is 0 Å². The molecule has 0 N–H and O–H groups in total.